The average Bonchev–Trinajstić information content (AvgIpc) is 3.34. The molecule has 6 heteroatoms. The van der Waals surface area contributed by atoms with Crippen molar-refractivity contribution in [2.24, 2.45) is 4.99 Å². The zero-order valence-corrected chi connectivity index (χ0v) is 19.0. The van der Waals surface area contributed by atoms with Crippen LogP contribution in [0.3, 0.4) is 0 Å². The van der Waals surface area contributed by atoms with Gasteiger partial charge in [0.25, 0.3) is 0 Å². The van der Waals surface area contributed by atoms with E-state index >= 15 is 0 Å². The maximum atomic E-state index is 5.95. The number of amidine groups is 1. The zero-order valence-electron chi connectivity index (χ0n) is 18.2. The number of hydrogen-bond donors (Lipinski definition) is 1. The van der Waals surface area contributed by atoms with Gasteiger partial charge in [-0.1, -0.05) is 30.8 Å². The molecule has 33 heavy (non-hydrogen) atoms. The first-order valence-corrected chi connectivity index (χ1v) is 11.5. The van der Waals surface area contributed by atoms with Crippen LogP contribution in [0.25, 0.3) is 22.4 Å². The second-order valence-electron chi connectivity index (χ2n) is 7.58. The van der Waals surface area contributed by atoms with Crippen LogP contribution in [0.15, 0.2) is 95.5 Å². The van der Waals surface area contributed by atoms with E-state index in [1.165, 1.54) is 0 Å². The minimum Gasteiger partial charge on any atom is -0.487 e. The first kappa shape index (κ1) is 20.8. The molecule has 0 saturated heterocycles. The Morgan fingerprint density at radius 2 is 1.91 bits per heavy atom. The van der Waals surface area contributed by atoms with Crippen LogP contribution >= 0.6 is 11.3 Å². The Kier molecular flexibility index (Phi) is 5.83. The zero-order chi connectivity index (χ0) is 22.6. The summed E-state index contributed by atoms with van der Waals surface area (Å²) < 4.78 is 5.95. The van der Waals surface area contributed by atoms with Crippen molar-refractivity contribution in [1.29, 1.82) is 0 Å². The highest BCUT2D eigenvalue weighted by atomic mass is 32.1. The largest absolute Gasteiger partial charge is 0.487 e. The number of benzene rings is 2. The van der Waals surface area contributed by atoms with Crippen molar-refractivity contribution < 1.29 is 4.74 Å². The Morgan fingerprint density at radius 3 is 2.70 bits per heavy atom. The van der Waals surface area contributed by atoms with E-state index in [1.54, 1.807) is 24.6 Å². The van der Waals surface area contributed by atoms with Gasteiger partial charge in [-0.2, -0.15) is 0 Å². The molecular weight excluding hydrogens is 428 g/mol. The first-order valence-electron chi connectivity index (χ1n) is 10.5. The monoisotopic (exact) mass is 450 g/mol. The van der Waals surface area contributed by atoms with E-state index in [9.17, 15) is 0 Å². The Labute approximate surface area is 196 Å². The number of nitrogens with one attached hydrogen (secondary N) is 1. The number of aliphatic imine (C=N–C) groups is 1. The molecule has 2 aromatic heterocycles. The third kappa shape index (κ3) is 4.47. The molecule has 0 radical (unpaired) electrons. The molecule has 5 nitrogen and oxygen atoms in total. The predicted octanol–water partition coefficient (Wildman–Crippen LogP) is 5.82. The van der Waals surface area contributed by atoms with Crippen LogP contribution in [0.2, 0.25) is 0 Å². The summed E-state index contributed by atoms with van der Waals surface area (Å²) in [7, 11) is 1.79. The van der Waals surface area contributed by atoms with Gasteiger partial charge < -0.3 is 10.1 Å². The molecule has 0 unspecified atom stereocenters. The lowest BCUT2D eigenvalue weighted by Crippen LogP contribution is -2.22. The summed E-state index contributed by atoms with van der Waals surface area (Å²) in [6, 6.07) is 18.4. The van der Waals surface area contributed by atoms with Gasteiger partial charge in [-0.25, -0.2) is 4.98 Å². The van der Waals surface area contributed by atoms with Crippen LogP contribution in [-0.4, -0.2) is 22.9 Å². The fraction of sp³-hybridized carbons (Fsp3) is 0.0741. The van der Waals surface area contributed by atoms with Crippen molar-refractivity contribution in [3.8, 4) is 16.9 Å². The summed E-state index contributed by atoms with van der Waals surface area (Å²) in [6.07, 6.45) is 5.64. The van der Waals surface area contributed by atoms with Crippen molar-refractivity contribution in [3.05, 3.63) is 113 Å². The van der Waals surface area contributed by atoms with Crippen molar-refractivity contribution in [1.82, 2.24) is 15.3 Å². The Balaban J connectivity index is 1.46. The number of pyridine rings is 1. The Bertz CT molecular complexity index is 1360. The molecule has 2 aromatic carbocycles. The lowest BCUT2D eigenvalue weighted by atomic mass is 9.95. The predicted molar refractivity (Wildman–Crippen MR) is 135 cm³/mol. The Hall–Kier alpha value is -4.03. The van der Waals surface area contributed by atoms with Crippen molar-refractivity contribution >= 4 is 28.4 Å². The average molecular weight is 451 g/mol. The first-order chi connectivity index (χ1) is 16.2. The maximum absolute atomic E-state index is 5.95. The summed E-state index contributed by atoms with van der Waals surface area (Å²) in [6.45, 7) is 4.76. The molecule has 0 amide bonds. The van der Waals surface area contributed by atoms with E-state index < -0.39 is 0 Å². The molecule has 0 aliphatic carbocycles. The molecule has 4 aromatic rings. The van der Waals surface area contributed by atoms with Crippen LogP contribution in [0.5, 0.6) is 5.75 Å². The SMILES string of the molecule is C=C1C=C(c2cccnc2)NC(=NC)c2cc(-c3cccc(OCc4cscn4)c3)ccc21. The van der Waals surface area contributed by atoms with Crippen LogP contribution in [-0.2, 0) is 6.61 Å². The quantitative estimate of drug-likeness (QED) is 0.416. The molecule has 5 rings (SSSR count). The number of thiazole rings is 1. The number of aromatic nitrogens is 2. The van der Waals surface area contributed by atoms with Crippen molar-refractivity contribution in [3.63, 3.8) is 0 Å². The van der Waals surface area contributed by atoms with Crippen LogP contribution in [0.4, 0.5) is 0 Å². The molecule has 0 atom stereocenters. The summed E-state index contributed by atoms with van der Waals surface area (Å²) in [5.74, 6) is 1.60. The van der Waals surface area contributed by atoms with E-state index in [0.717, 1.165) is 56.4 Å². The molecule has 162 valence electrons. The number of fused-ring (bicyclic) bond motifs is 1. The van der Waals surface area contributed by atoms with Gasteiger partial charge in [0.05, 0.1) is 11.2 Å². The van der Waals surface area contributed by atoms with Gasteiger partial charge in [0, 0.05) is 41.6 Å². The number of rotatable bonds is 5. The van der Waals surface area contributed by atoms with Crippen LogP contribution in [0, 0.1) is 0 Å². The standard InChI is InChI=1S/C27H22N4OS/c1-18-11-26(21-6-4-10-29-14-21)31-27(28-2)25-13-20(8-9-24(18)25)19-5-3-7-23(12-19)32-15-22-16-33-17-30-22/h3-14,16-17H,1,15H2,2H3,(H,28,31). The maximum Gasteiger partial charge on any atom is 0.133 e. The molecular formula is C27H22N4OS. The van der Waals surface area contributed by atoms with Gasteiger partial charge >= 0.3 is 0 Å². The van der Waals surface area contributed by atoms with E-state index in [4.69, 9.17) is 4.74 Å². The highest BCUT2D eigenvalue weighted by Gasteiger charge is 2.18. The molecule has 1 aliphatic rings. The fourth-order valence-electron chi connectivity index (χ4n) is 3.77. The minimum absolute atomic E-state index is 0.455. The third-order valence-corrected chi connectivity index (χ3v) is 6.06. The third-order valence-electron chi connectivity index (χ3n) is 5.43. The van der Waals surface area contributed by atoms with Gasteiger partial charge in [0.15, 0.2) is 0 Å². The fourth-order valence-corrected chi connectivity index (χ4v) is 4.31. The van der Waals surface area contributed by atoms with Gasteiger partial charge in [0.2, 0.25) is 0 Å². The van der Waals surface area contributed by atoms with Crippen molar-refractivity contribution in [2.75, 3.05) is 7.05 Å². The van der Waals surface area contributed by atoms with E-state index in [2.05, 4.69) is 57.2 Å². The van der Waals surface area contributed by atoms with Crippen LogP contribution in [0.1, 0.15) is 22.4 Å². The number of nitrogens with zero attached hydrogens (tertiary/aromatic N) is 3. The summed E-state index contributed by atoms with van der Waals surface area (Å²) in [5.41, 5.74) is 9.76. The molecule has 1 N–H and O–H groups in total. The second-order valence-corrected chi connectivity index (χ2v) is 8.30. The molecule has 1 aliphatic heterocycles. The normalized spacial score (nSPS) is 14.3. The van der Waals surface area contributed by atoms with E-state index in [-0.39, 0.29) is 0 Å². The summed E-state index contributed by atoms with van der Waals surface area (Å²) in [5, 5.41) is 5.47. The van der Waals surface area contributed by atoms with Crippen molar-refractivity contribution in [2.45, 2.75) is 6.61 Å². The Morgan fingerprint density at radius 1 is 1.03 bits per heavy atom. The highest BCUT2D eigenvalue weighted by Crippen LogP contribution is 2.32. The number of allylic oxidation sites excluding steroid dienone is 2. The molecule has 0 spiro atoms. The number of hydrogen-bond acceptors (Lipinski definition) is 5. The highest BCUT2D eigenvalue weighted by molar-refractivity contribution is 7.07. The molecule has 0 saturated carbocycles. The van der Waals surface area contributed by atoms with Gasteiger partial charge in [0.1, 0.15) is 18.2 Å². The molecule has 0 bridgehead atoms. The second kappa shape index (κ2) is 9.22. The van der Waals surface area contributed by atoms with E-state index in [0.29, 0.717) is 6.61 Å². The molecule has 0 fully saturated rings. The number of ether oxygens (including phenoxy) is 1. The van der Waals surface area contributed by atoms with Gasteiger partial charge in [-0.05, 0) is 58.7 Å². The minimum atomic E-state index is 0.455. The van der Waals surface area contributed by atoms with Gasteiger partial charge in [-0.3, -0.25) is 9.98 Å². The van der Waals surface area contributed by atoms with Gasteiger partial charge in [-0.15, -0.1) is 11.3 Å². The molecule has 3 heterocycles. The van der Waals surface area contributed by atoms with E-state index in [1.807, 2.05) is 47.4 Å². The topological polar surface area (TPSA) is 59.4 Å². The van der Waals surface area contributed by atoms with Crippen LogP contribution < -0.4 is 10.1 Å². The lowest BCUT2D eigenvalue weighted by molar-refractivity contribution is 0.302. The summed E-state index contributed by atoms with van der Waals surface area (Å²) in [4.78, 5) is 13.1. The summed E-state index contributed by atoms with van der Waals surface area (Å²) >= 11 is 1.57. The lowest BCUT2D eigenvalue weighted by Gasteiger charge is -2.14. The smallest absolute Gasteiger partial charge is 0.133 e.